The summed E-state index contributed by atoms with van der Waals surface area (Å²) in [5.41, 5.74) is 3.50. The molecule has 1 aromatic heterocycles. The molecule has 144 valence electrons. The van der Waals surface area contributed by atoms with Crippen molar-refractivity contribution in [3.8, 4) is 0 Å². The van der Waals surface area contributed by atoms with Crippen LogP contribution in [0.15, 0.2) is 69.9 Å². The summed E-state index contributed by atoms with van der Waals surface area (Å²) in [6, 6.07) is 15.7. The van der Waals surface area contributed by atoms with Gasteiger partial charge in [-0.1, -0.05) is 29.1 Å². The number of aromatic nitrogens is 3. The molecule has 0 aliphatic carbocycles. The van der Waals surface area contributed by atoms with Crippen molar-refractivity contribution in [1.29, 1.82) is 0 Å². The Morgan fingerprint density at radius 3 is 1.71 bits per heavy atom. The molecule has 2 aromatic carbocycles. The Hall–Kier alpha value is -3.68. The summed E-state index contributed by atoms with van der Waals surface area (Å²) < 4.78 is 1.15. The van der Waals surface area contributed by atoms with Crippen molar-refractivity contribution in [2.45, 2.75) is 0 Å². The third-order valence-electron chi connectivity index (χ3n) is 4.10. The molecule has 1 heterocycles. The predicted octanol–water partition coefficient (Wildman–Crippen LogP) is 1.94. The van der Waals surface area contributed by atoms with Crippen molar-refractivity contribution in [3.05, 3.63) is 76.5 Å². The van der Waals surface area contributed by atoms with Gasteiger partial charge in [0.25, 0.3) is 0 Å². The number of benzene rings is 2. The second-order valence-electron chi connectivity index (χ2n) is 6.61. The summed E-state index contributed by atoms with van der Waals surface area (Å²) in [6.07, 6.45) is 4.53. The molecule has 0 fully saturated rings. The third kappa shape index (κ3) is 4.53. The fourth-order valence-corrected chi connectivity index (χ4v) is 2.41. The van der Waals surface area contributed by atoms with Gasteiger partial charge in [0.2, 0.25) is 0 Å². The molecule has 0 N–H and O–H groups in total. The van der Waals surface area contributed by atoms with E-state index >= 15 is 0 Å². The van der Waals surface area contributed by atoms with Crippen LogP contribution in [0.4, 0.5) is 11.4 Å². The molecule has 3 aromatic rings. The van der Waals surface area contributed by atoms with Crippen LogP contribution in [-0.2, 0) is 0 Å². The minimum absolute atomic E-state index is 0.442. The topological polar surface area (TPSA) is 71.0 Å². The standard InChI is InChI=1S/C20H23N7O/c1-24(2)18-9-5-16(6-10-18)13-21-26-15-23-27(20(26)28)22-14-17-7-11-19(12-8-17)25(3)4/h5-15H,1-4H3/b21-13+,22-14+. The van der Waals surface area contributed by atoms with Gasteiger partial charge in [-0.05, 0) is 35.4 Å². The minimum Gasteiger partial charge on any atom is -0.378 e. The van der Waals surface area contributed by atoms with E-state index in [4.69, 9.17) is 0 Å². The largest absolute Gasteiger partial charge is 0.388 e. The first-order valence-electron chi connectivity index (χ1n) is 8.74. The Balaban J connectivity index is 1.71. The highest BCUT2D eigenvalue weighted by Crippen LogP contribution is 2.11. The highest BCUT2D eigenvalue weighted by Gasteiger charge is 2.02. The van der Waals surface area contributed by atoms with Crippen LogP contribution < -0.4 is 15.5 Å². The zero-order valence-electron chi connectivity index (χ0n) is 16.4. The summed E-state index contributed by atoms with van der Waals surface area (Å²) in [6.45, 7) is 0. The van der Waals surface area contributed by atoms with Gasteiger partial charge in [-0.3, -0.25) is 0 Å². The van der Waals surface area contributed by atoms with Crippen molar-refractivity contribution in [2.24, 2.45) is 10.2 Å². The first-order valence-corrected chi connectivity index (χ1v) is 8.74. The summed E-state index contributed by atoms with van der Waals surface area (Å²) in [4.78, 5) is 17.4. The molecule has 0 unspecified atom stereocenters. The van der Waals surface area contributed by atoms with E-state index in [2.05, 4.69) is 15.3 Å². The van der Waals surface area contributed by atoms with Gasteiger partial charge in [0, 0.05) is 39.6 Å². The Morgan fingerprint density at radius 2 is 1.25 bits per heavy atom. The molecule has 0 atom stereocenters. The maximum absolute atomic E-state index is 12.3. The van der Waals surface area contributed by atoms with Gasteiger partial charge in [0.15, 0.2) is 0 Å². The lowest BCUT2D eigenvalue weighted by molar-refractivity contribution is 0.692. The van der Waals surface area contributed by atoms with E-state index in [1.807, 2.05) is 86.5 Å². The van der Waals surface area contributed by atoms with Crippen molar-refractivity contribution in [3.63, 3.8) is 0 Å². The predicted molar refractivity (Wildman–Crippen MR) is 114 cm³/mol. The van der Waals surface area contributed by atoms with E-state index in [0.717, 1.165) is 32.0 Å². The second kappa shape index (κ2) is 8.34. The quantitative estimate of drug-likeness (QED) is 0.616. The molecule has 0 bridgehead atoms. The molecule has 8 nitrogen and oxygen atoms in total. The van der Waals surface area contributed by atoms with Gasteiger partial charge >= 0.3 is 5.69 Å². The average molecular weight is 377 g/mol. The fourth-order valence-electron chi connectivity index (χ4n) is 2.41. The van der Waals surface area contributed by atoms with Crippen molar-refractivity contribution < 1.29 is 0 Å². The summed E-state index contributed by atoms with van der Waals surface area (Å²) in [5.74, 6) is 0. The van der Waals surface area contributed by atoms with Crippen LogP contribution in [-0.4, -0.2) is 55.2 Å². The summed E-state index contributed by atoms with van der Waals surface area (Å²) >= 11 is 0. The maximum atomic E-state index is 12.3. The monoisotopic (exact) mass is 377 g/mol. The van der Waals surface area contributed by atoms with Crippen LogP contribution >= 0.6 is 0 Å². The Bertz CT molecular complexity index is 944. The molecule has 28 heavy (non-hydrogen) atoms. The zero-order valence-corrected chi connectivity index (χ0v) is 16.4. The number of hydrogen-bond acceptors (Lipinski definition) is 6. The van der Waals surface area contributed by atoms with Crippen LogP contribution in [0, 0.1) is 0 Å². The summed E-state index contributed by atoms with van der Waals surface area (Å²) in [7, 11) is 7.92. The summed E-state index contributed by atoms with van der Waals surface area (Å²) in [5, 5.41) is 12.2. The molecule has 3 rings (SSSR count). The first-order chi connectivity index (χ1) is 13.4. The number of anilines is 2. The molecule has 0 aliphatic rings. The zero-order chi connectivity index (χ0) is 20.1. The minimum atomic E-state index is -0.442. The highest BCUT2D eigenvalue weighted by molar-refractivity contribution is 5.80. The van der Waals surface area contributed by atoms with Gasteiger partial charge in [0.1, 0.15) is 6.33 Å². The third-order valence-corrected chi connectivity index (χ3v) is 4.10. The van der Waals surface area contributed by atoms with Crippen LogP contribution in [0.3, 0.4) is 0 Å². The van der Waals surface area contributed by atoms with Gasteiger partial charge in [0.05, 0.1) is 12.4 Å². The van der Waals surface area contributed by atoms with E-state index in [1.165, 1.54) is 6.33 Å². The van der Waals surface area contributed by atoms with Crippen molar-refractivity contribution >= 4 is 23.8 Å². The van der Waals surface area contributed by atoms with Gasteiger partial charge in [-0.25, -0.2) is 4.79 Å². The van der Waals surface area contributed by atoms with Gasteiger partial charge in [-0.2, -0.15) is 14.9 Å². The van der Waals surface area contributed by atoms with Crippen molar-refractivity contribution in [2.75, 3.05) is 38.0 Å². The fraction of sp³-hybridized carbons (Fsp3) is 0.200. The Morgan fingerprint density at radius 1 is 0.786 bits per heavy atom. The van der Waals surface area contributed by atoms with E-state index in [0.29, 0.717) is 0 Å². The number of nitrogens with zero attached hydrogens (tertiary/aromatic N) is 7. The van der Waals surface area contributed by atoms with Crippen LogP contribution in [0.5, 0.6) is 0 Å². The first kappa shape index (κ1) is 19.1. The normalized spacial score (nSPS) is 11.4. The molecule has 0 aliphatic heterocycles. The van der Waals surface area contributed by atoms with E-state index in [1.54, 1.807) is 12.4 Å². The molecule has 0 spiro atoms. The Labute approximate surface area is 163 Å². The SMILES string of the molecule is CN(C)c1ccc(/C=N/n2cnn(/N=C/c3ccc(N(C)C)cc3)c2=O)cc1. The average Bonchev–Trinajstić information content (AvgIpc) is 3.05. The maximum Gasteiger partial charge on any atom is 0.388 e. The van der Waals surface area contributed by atoms with Gasteiger partial charge in [-0.15, -0.1) is 5.10 Å². The smallest absolute Gasteiger partial charge is 0.378 e. The molecule has 0 saturated heterocycles. The lowest BCUT2D eigenvalue weighted by Crippen LogP contribution is -2.20. The van der Waals surface area contributed by atoms with Crippen molar-refractivity contribution in [1.82, 2.24) is 14.6 Å². The van der Waals surface area contributed by atoms with E-state index in [-0.39, 0.29) is 0 Å². The molecule has 0 saturated carbocycles. The highest BCUT2D eigenvalue weighted by atomic mass is 16.2. The molecule has 8 heteroatoms. The molecule has 0 amide bonds. The second-order valence-corrected chi connectivity index (χ2v) is 6.61. The number of rotatable bonds is 6. The molecular formula is C20H23N7O. The number of hydrogen-bond donors (Lipinski definition) is 0. The van der Waals surface area contributed by atoms with Gasteiger partial charge < -0.3 is 9.80 Å². The lowest BCUT2D eigenvalue weighted by atomic mass is 10.2. The molecule has 0 radical (unpaired) electrons. The van der Waals surface area contributed by atoms with E-state index < -0.39 is 5.69 Å². The van der Waals surface area contributed by atoms with Crippen LogP contribution in [0.1, 0.15) is 11.1 Å². The lowest BCUT2D eigenvalue weighted by Gasteiger charge is -2.11. The van der Waals surface area contributed by atoms with E-state index in [9.17, 15) is 4.79 Å². The molecular weight excluding hydrogens is 354 g/mol. The van der Waals surface area contributed by atoms with Crippen LogP contribution in [0.2, 0.25) is 0 Å². The Kier molecular flexibility index (Phi) is 5.69. The van der Waals surface area contributed by atoms with Crippen LogP contribution in [0.25, 0.3) is 0 Å².